The van der Waals surface area contributed by atoms with Gasteiger partial charge in [0, 0.05) is 35.9 Å². The molecule has 0 atom stereocenters. The Kier molecular flexibility index (Phi) is 4.67. The van der Waals surface area contributed by atoms with Crippen LogP contribution in [0.15, 0.2) is 18.5 Å². The third kappa shape index (κ3) is 3.90. The maximum atomic E-state index is 4.18. The molecule has 0 saturated heterocycles. The first-order chi connectivity index (χ1) is 10.2. The Balaban J connectivity index is 1.51. The molecule has 1 aliphatic heterocycles. The third-order valence-electron chi connectivity index (χ3n) is 3.67. The molecular weight excluding hydrogens is 282 g/mol. The number of nitrogens with one attached hydrogen (secondary N) is 1. The molecule has 6 heteroatoms. The lowest BCUT2D eigenvalue weighted by molar-refractivity contribution is 0.210. The van der Waals surface area contributed by atoms with E-state index < -0.39 is 0 Å². The molecule has 0 unspecified atom stereocenters. The van der Waals surface area contributed by atoms with Crippen molar-refractivity contribution in [2.75, 3.05) is 13.1 Å². The van der Waals surface area contributed by atoms with Crippen LogP contribution < -0.4 is 5.32 Å². The number of rotatable bonds is 6. The van der Waals surface area contributed by atoms with E-state index in [-0.39, 0.29) is 0 Å². The summed E-state index contributed by atoms with van der Waals surface area (Å²) in [5.41, 5.74) is 0. The van der Waals surface area contributed by atoms with Crippen LogP contribution in [0.25, 0.3) is 0 Å². The van der Waals surface area contributed by atoms with Gasteiger partial charge in [-0.2, -0.15) is 0 Å². The quantitative estimate of drug-likeness (QED) is 0.888. The molecule has 0 bridgehead atoms. The van der Waals surface area contributed by atoms with Gasteiger partial charge in [0.05, 0.1) is 6.54 Å². The molecular formula is C15H23N5S. The molecule has 21 heavy (non-hydrogen) atoms. The number of nitrogens with zero attached hydrogens (tertiary/aromatic N) is 4. The minimum atomic E-state index is 0.704. The van der Waals surface area contributed by atoms with E-state index in [1.165, 1.54) is 9.75 Å². The van der Waals surface area contributed by atoms with E-state index in [1.54, 1.807) is 0 Å². The van der Waals surface area contributed by atoms with Gasteiger partial charge in [-0.3, -0.25) is 4.90 Å². The highest BCUT2D eigenvalue weighted by Crippen LogP contribution is 2.20. The first-order valence-electron chi connectivity index (χ1n) is 7.58. The predicted molar refractivity (Wildman–Crippen MR) is 85.0 cm³/mol. The van der Waals surface area contributed by atoms with Crippen LogP contribution in [0, 0.1) is 5.92 Å². The Hall–Kier alpha value is -1.24. The molecule has 3 rings (SSSR count). The average Bonchev–Trinajstić information content (AvgIpc) is 3.07. The van der Waals surface area contributed by atoms with Gasteiger partial charge in [0.15, 0.2) is 0 Å². The maximum absolute atomic E-state index is 4.18. The maximum Gasteiger partial charge on any atom is 0.147 e. The second-order valence-electron chi connectivity index (χ2n) is 6.04. The van der Waals surface area contributed by atoms with Crippen molar-refractivity contribution in [2.45, 2.75) is 40.0 Å². The second kappa shape index (κ2) is 6.68. The van der Waals surface area contributed by atoms with Crippen molar-refractivity contribution in [3.8, 4) is 0 Å². The summed E-state index contributed by atoms with van der Waals surface area (Å²) in [6.45, 7) is 10.5. The first kappa shape index (κ1) is 14.7. The zero-order chi connectivity index (χ0) is 14.7. The Morgan fingerprint density at radius 2 is 2.14 bits per heavy atom. The molecule has 0 fully saturated rings. The number of hydrogen-bond acceptors (Lipinski definition) is 5. The number of aromatic nitrogens is 3. The smallest absolute Gasteiger partial charge is 0.147 e. The fraction of sp³-hybridized carbons (Fsp3) is 0.600. The van der Waals surface area contributed by atoms with Gasteiger partial charge in [0.25, 0.3) is 0 Å². The largest absolute Gasteiger partial charge is 0.315 e. The standard InChI is InChI=1S/C15H23N5S/c1-12(2)7-16-8-13-3-4-14(21-13)9-19-5-6-20-11-17-18-15(20)10-19/h3-4,11-12,16H,5-10H2,1-2H3. The van der Waals surface area contributed by atoms with E-state index in [9.17, 15) is 0 Å². The molecule has 0 saturated carbocycles. The molecule has 0 amide bonds. The Labute approximate surface area is 130 Å². The molecule has 0 aliphatic carbocycles. The van der Waals surface area contributed by atoms with Crippen molar-refractivity contribution in [1.29, 1.82) is 0 Å². The minimum absolute atomic E-state index is 0.704. The highest BCUT2D eigenvalue weighted by molar-refractivity contribution is 7.11. The van der Waals surface area contributed by atoms with Crippen molar-refractivity contribution in [3.63, 3.8) is 0 Å². The number of thiophene rings is 1. The average molecular weight is 305 g/mol. The lowest BCUT2D eigenvalue weighted by Gasteiger charge is -2.26. The Morgan fingerprint density at radius 3 is 3.00 bits per heavy atom. The molecule has 3 heterocycles. The van der Waals surface area contributed by atoms with Gasteiger partial charge < -0.3 is 9.88 Å². The van der Waals surface area contributed by atoms with Crippen LogP contribution in [0.5, 0.6) is 0 Å². The van der Waals surface area contributed by atoms with E-state index in [2.05, 4.69) is 51.0 Å². The molecule has 0 spiro atoms. The van der Waals surface area contributed by atoms with Gasteiger partial charge >= 0.3 is 0 Å². The lowest BCUT2D eigenvalue weighted by atomic mass is 10.2. The van der Waals surface area contributed by atoms with Gasteiger partial charge in [-0.05, 0) is 24.6 Å². The van der Waals surface area contributed by atoms with Crippen LogP contribution in [0.4, 0.5) is 0 Å². The first-order valence-corrected chi connectivity index (χ1v) is 8.39. The topological polar surface area (TPSA) is 46.0 Å². The normalized spacial score (nSPS) is 15.6. The van der Waals surface area contributed by atoms with E-state index in [1.807, 2.05) is 17.7 Å². The summed E-state index contributed by atoms with van der Waals surface area (Å²) in [5.74, 6) is 1.78. The summed E-state index contributed by atoms with van der Waals surface area (Å²) >= 11 is 1.91. The van der Waals surface area contributed by atoms with Crippen molar-refractivity contribution in [1.82, 2.24) is 25.0 Å². The van der Waals surface area contributed by atoms with Crippen molar-refractivity contribution in [2.24, 2.45) is 5.92 Å². The highest BCUT2D eigenvalue weighted by Gasteiger charge is 2.17. The predicted octanol–water partition coefficient (Wildman–Crippen LogP) is 2.10. The Morgan fingerprint density at radius 1 is 1.29 bits per heavy atom. The molecule has 1 aliphatic rings. The van der Waals surface area contributed by atoms with Gasteiger partial charge in [-0.15, -0.1) is 21.5 Å². The summed E-state index contributed by atoms with van der Waals surface area (Å²) < 4.78 is 2.15. The van der Waals surface area contributed by atoms with Crippen LogP contribution in [0.3, 0.4) is 0 Å². The summed E-state index contributed by atoms with van der Waals surface area (Å²) in [6, 6.07) is 4.51. The van der Waals surface area contributed by atoms with Crippen molar-refractivity contribution in [3.05, 3.63) is 34.0 Å². The van der Waals surface area contributed by atoms with Crippen LogP contribution in [-0.2, 0) is 26.2 Å². The zero-order valence-corrected chi connectivity index (χ0v) is 13.6. The van der Waals surface area contributed by atoms with E-state index in [4.69, 9.17) is 0 Å². The molecule has 2 aromatic heterocycles. The number of hydrogen-bond donors (Lipinski definition) is 1. The van der Waals surface area contributed by atoms with Gasteiger partial charge in [-0.1, -0.05) is 13.8 Å². The monoisotopic (exact) mass is 305 g/mol. The summed E-state index contributed by atoms with van der Waals surface area (Å²) in [5, 5.41) is 11.7. The fourth-order valence-electron chi connectivity index (χ4n) is 2.56. The summed E-state index contributed by atoms with van der Waals surface area (Å²) in [6.07, 6.45) is 1.83. The fourth-order valence-corrected chi connectivity index (χ4v) is 3.59. The summed E-state index contributed by atoms with van der Waals surface area (Å²) in [4.78, 5) is 5.30. The van der Waals surface area contributed by atoms with Crippen LogP contribution in [0.2, 0.25) is 0 Å². The summed E-state index contributed by atoms with van der Waals surface area (Å²) in [7, 11) is 0. The van der Waals surface area contributed by atoms with Crippen molar-refractivity contribution >= 4 is 11.3 Å². The Bertz CT molecular complexity index is 574. The van der Waals surface area contributed by atoms with Crippen LogP contribution in [-0.4, -0.2) is 32.8 Å². The van der Waals surface area contributed by atoms with Gasteiger partial charge in [-0.25, -0.2) is 0 Å². The third-order valence-corrected chi connectivity index (χ3v) is 4.74. The van der Waals surface area contributed by atoms with E-state index in [0.29, 0.717) is 5.92 Å². The molecule has 0 radical (unpaired) electrons. The van der Waals surface area contributed by atoms with Crippen LogP contribution in [0.1, 0.15) is 29.4 Å². The van der Waals surface area contributed by atoms with Gasteiger partial charge in [0.1, 0.15) is 12.2 Å². The second-order valence-corrected chi connectivity index (χ2v) is 7.30. The van der Waals surface area contributed by atoms with E-state index >= 15 is 0 Å². The molecule has 1 N–H and O–H groups in total. The molecule has 0 aromatic carbocycles. The van der Waals surface area contributed by atoms with E-state index in [0.717, 1.165) is 45.1 Å². The molecule has 2 aromatic rings. The molecule has 5 nitrogen and oxygen atoms in total. The van der Waals surface area contributed by atoms with Crippen LogP contribution >= 0.6 is 11.3 Å². The highest BCUT2D eigenvalue weighted by atomic mass is 32.1. The molecule has 114 valence electrons. The lowest BCUT2D eigenvalue weighted by Crippen LogP contribution is -2.32. The van der Waals surface area contributed by atoms with Crippen molar-refractivity contribution < 1.29 is 0 Å². The SMILES string of the molecule is CC(C)CNCc1ccc(CN2CCn3cnnc3C2)s1. The zero-order valence-electron chi connectivity index (χ0n) is 12.7. The minimum Gasteiger partial charge on any atom is -0.315 e. The van der Waals surface area contributed by atoms with Gasteiger partial charge in [0.2, 0.25) is 0 Å². The number of fused-ring (bicyclic) bond motifs is 1.